The number of aliphatic carboxylic acids is 1. The van der Waals surface area contributed by atoms with Gasteiger partial charge in [0.15, 0.2) is 0 Å². The van der Waals surface area contributed by atoms with Crippen molar-refractivity contribution >= 4 is 17.6 Å². The third-order valence-electron chi connectivity index (χ3n) is 2.21. The molecule has 108 valence electrons. The molecule has 0 aliphatic heterocycles. The van der Waals surface area contributed by atoms with Gasteiger partial charge in [-0.3, -0.25) is 4.79 Å². The van der Waals surface area contributed by atoms with Gasteiger partial charge in [0.1, 0.15) is 11.8 Å². The lowest BCUT2D eigenvalue weighted by Gasteiger charge is -2.11. The summed E-state index contributed by atoms with van der Waals surface area (Å²) < 4.78 is 0. The SMILES string of the molecule is CCCNC(CCO)C(=O)O.Oc1ccccc1Cl. The van der Waals surface area contributed by atoms with Crippen LogP contribution in [0.2, 0.25) is 5.02 Å². The second-order valence-electron chi connectivity index (χ2n) is 3.81. The number of nitrogens with one attached hydrogen (secondary N) is 1. The summed E-state index contributed by atoms with van der Waals surface area (Å²) >= 11 is 5.46. The first-order valence-electron chi connectivity index (χ1n) is 6.03. The highest BCUT2D eigenvalue weighted by atomic mass is 35.5. The average Bonchev–Trinajstić information content (AvgIpc) is 2.38. The van der Waals surface area contributed by atoms with Gasteiger partial charge >= 0.3 is 5.97 Å². The second kappa shape index (κ2) is 10.6. The van der Waals surface area contributed by atoms with Crippen molar-refractivity contribution in [3.63, 3.8) is 0 Å². The molecule has 0 aliphatic carbocycles. The third kappa shape index (κ3) is 8.42. The number of carboxylic acids is 1. The Morgan fingerprint density at radius 3 is 2.42 bits per heavy atom. The molecule has 0 fully saturated rings. The Labute approximate surface area is 117 Å². The largest absolute Gasteiger partial charge is 0.506 e. The number of para-hydroxylation sites is 1. The van der Waals surface area contributed by atoms with Gasteiger partial charge in [0.2, 0.25) is 0 Å². The van der Waals surface area contributed by atoms with Crippen molar-refractivity contribution in [2.75, 3.05) is 13.2 Å². The fourth-order valence-electron chi connectivity index (χ4n) is 1.21. The highest BCUT2D eigenvalue weighted by Crippen LogP contribution is 2.20. The number of rotatable bonds is 6. The van der Waals surface area contributed by atoms with Gasteiger partial charge in [-0.1, -0.05) is 30.7 Å². The summed E-state index contributed by atoms with van der Waals surface area (Å²) in [5.74, 6) is -0.762. The first kappa shape index (κ1) is 17.7. The third-order valence-corrected chi connectivity index (χ3v) is 2.53. The predicted octanol–water partition coefficient (Wildman–Crippen LogP) is 1.87. The summed E-state index contributed by atoms with van der Waals surface area (Å²) in [6.45, 7) is 2.55. The number of aromatic hydroxyl groups is 1. The molecule has 1 atom stereocenters. The minimum Gasteiger partial charge on any atom is -0.506 e. The molecule has 1 rings (SSSR count). The topological polar surface area (TPSA) is 89.8 Å². The number of hydrogen-bond acceptors (Lipinski definition) is 4. The van der Waals surface area contributed by atoms with E-state index in [2.05, 4.69) is 5.32 Å². The average molecular weight is 290 g/mol. The van der Waals surface area contributed by atoms with E-state index in [1.54, 1.807) is 24.3 Å². The van der Waals surface area contributed by atoms with Crippen molar-refractivity contribution in [3.8, 4) is 5.75 Å². The van der Waals surface area contributed by atoms with Crippen LogP contribution in [-0.4, -0.2) is 40.5 Å². The summed E-state index contributed by atoms with van der Waals surface area (Å²) in [5.41, 5.74) is 0. The van der Waals surface area contributed by atoms with Crippen molar-refractivity contribution in [2.45, 2.75) is 25.8 Å². The van der Waals surface area contributed by atoms with Crippen LogP contribution >= 0.6 is 11.6 Å². The minimum atomic E-state index is -0.896. The zero-order chi connectivity index (χ0) is 14.7. The molecule has 0 amide bonds. The monoisotopic (exact) mass is 289 g/mol. The Morgan fingerprint density at radius 1 is 1.42 bits per heavy atom. The molecule has 4 N–H and O–H groups in total. The van der Waals surface area contributed by atoms with Crippen LogP contribution in [-0.2, 0) is 4.79 Å². The quantitative estimate of drug-likeness (QED) is 0.642. The summed E-state index contributed by atoms with van der Waals surface area (Å²) in [6, 6.07) is 6.07. The molecule has 5 nitrogen and oxygen atoms in total. The Hall–Kier alpha value is -1.30. The predicted molar refractivity (Wildman–Crippen MR) is 74.5 cm³/mol. The van der Waals surface area contributed by atoms with Crippen LogP contribution in [0, 0.1) is 0 Å². The number of carbonyl (C=O) groups is 1. The molecule has 0 heterocycles. The molecule has 6 heteroatoms. The van der Waals surface area contributed by atoms with Crippen molar-refractivity contribution in [1.29, 1.82) is 0 Å². The number of benzene rings is 1. The van der Waals surface area contributed by atoms with E-state index >= 15 is 0 Å². The molecule has 1 aromatic carbocycles. The zero-order valence-electron chi connectivity index (χ0n) is 10.8. The van der Waals surface area contributed by atoms with Gasteiger partial charge in [0.25, 0.3) is 0 Å². The molecule has 0 bridgehead atoms. The molecule has 1 unspecified atom stereocenters. The maximum atomic E-state index is 10.4. The molecule has 0 aromatic heterocycles. The zero-order valence-corrected chi connectivity index (χ0v) is 11.6. The van der Waals surface area contributed by atoms with Gasteiger partial charge in [-0.15, -0.1) is 0 Å². The van der Waals surface area contributed by atoms with Gasteiger partial charge < -0.3 is 20.6 Å². The second-order valence-corrected chi connectivity index (χ2v) is 4.22. The molecule has 0 saturated carbocycles. The van der Waals surface area contributed by atoms with Gasteiger partial charge in [0.05, 0.1) is 5.02 Å². The number of phenols is 1. The Morgan fingerprint density at radius 2 is 2.05 bits per heavy atom. The number of hydrogen-bond donors (Lipinski definition) is 4. The molecule has 0 saturated heterocycles. The van der Waals surface area contributed by atoms with E-state index in [1.807, 2.05) is 6.92 Å². The minimum absolute atomic E-state index is 0.0896. The lowest BCUT2D eigenvalue weighted by atomic mass is 10.2. The Bertz CT molecular complexity index is 352. The number of aliphatic hydroxyl groups is 1. The number of phenolic OH excluding ortho intramolecular Hbond substituents is 1. The fraction of sp³-hybridized carbons (Fsp3) is 0.462. The van der Waals surface area contributed by atoms with E-state index < -0.39 is 12.0 Å². The Balaban J connectivity index is 0.000000356. The number of halogens is 1. The maximum absolute atomic E-state index is 10.4. The van der Waals surface area contributed by atoms with E-state index in [0.717, 1.165) is 6.42 Å². The lowest BCUT2D eigenvalue weighted by molar-refractivity contribution is -0.139. The Kier molecular flexibility index (Phi) is 9.88. The van der Waals surface area contributed by atoms with Crippen LogP contribution in [0.3, 0.4) is 0 Å². The van der Waals surface area contributed by atoms with Crippen molar-refractivity contribution in [2.24, 2.45) is 0 Å². The van der Waals surface area contributed by atoms with Crippen LogP contribution in [0.4, 0.5) is 0 Å². The molecule has 1 aromatic rings. The molecular formula is C13H20ClNO4. The van der Waals surface area contributed by atoms with Crippen LogP contribution in [0.25, 0.3) is 0 Å². The van der Waals surface area contributed by atoms with Gasteiger partial charge in [-0.25, -0.2) is 0 Å². The first-order valence-corrected chi connectivity index (χ1v) is 6.41. The number of aliphatic hydroxyl groups excluding tert-OH is 1. The van der Waals surface area contributed by atoms with Crippen molar-refractivity contribution in [1.82, 2.24) is 5.32 Å². The fourth-order valence-corrected chi connectivity index (χ4v) is 1.35. The van der Waals surface area contributed by atoms with Crippen LogP contribution in [0.5, 0.6) is 5.75 Å². The molecule has 0 aliphatic rings. The molecule has 19 heavy (non-hydrogen) atoms. The van der Waals surface area contributed by atoms with Crippen LogP contribution in [0.1, 0.15) is 19.8 Å². The maximum Gasteiger partial charge on any atom is 0.320 e. The van der Waals surface area contributed by atoms with E-state index in [1.165, 1.54) is 0 Å². The van der Waals surface area contributed by atoms with Crippen LogP contribution < -0.4 is 5.32 Å². The van der Waals surface area contributed by atoms with E-state index in [4.69, 9.17) is 26.9 Å². The highest BCUT2D eigenvalue weighted by Gasteiger charge is 2.14. The van der Waals surface area contributed by atoms with Gasteiger partial charge in [0, 0.05) is 6.61 Å². The van der Waals surface area contributed by atoms with Crippen molar-refractivity contribution < 1.29 is 20.1 Å². The van der Waals surface area contributed by atoms with Crippen molar-refractivity contribution in [3.05, 3.63) is 29.3 Å². The summed E-state index contributed by atoms with van der Waals surface area (Å²) in [5, 5.41) is 29.0. The molecular weight excluding hydrogens is 270 g/mol. The molecule has 0 radical (unpaired) electrons. The van der Waals surface area contributed by atoms with E-state index in [0.29, 0.717) is 11.6 Å². The normalized spacial score (nSPS) is 11.3. The summed E-state index contributed by atoms with van der Waals surface area (Å²) in [7, 11) is 0. The standard InChI is InChI=1S/C7H15NO3.C6H5ClO/c1-2-4-8-6(3-5-9)7(10)11;7-5-3-1-2-4-6(5)8/h6,8-9H,2-5H2,1H3,(H,10,11);1-4,8H. The van der Waals surface area contributed by atoms with Gasteiger partial charge in [-0.2, -0.15) is 0 Å². The van der Waals surface area contributed by atoms with Crippen LogP contribution in [0.15, 0.2) is 24.3 Å². The lowest BCUT2D eigenvalue weighted by Crippen LogP contribution is -2.37. The highest BCUT2D eigenvalue weighted by molar-refractivity contribution is 6.31. The van der Waals surface area contributed by atoms with E-state index in [-0.39, 0.29) is 18.8 Å². The smallest absolute Gasteiger partial charge is 0.320 e. The number of carboxylic acid groups (broad SMARTS) is 1. The van der Waals surface area contributed by atoms with E-state index in [9.17, 15) is 4.79 Å². The van der Waals surface area contributed by atoms with Gasteiger partial charge in [-0.05, 0) is 31.5 Å². The molecule has 0 spiro atoms. The summed E-state index contributed by atoms with van der Waals surface area (Å²) in [6.07, 6.45) is 1.17. The first-order chi connectivity index (χ1) is 9.02. The summed E-state index contributed by atoms with van der Waals surface area (Å²) in [4.78, 5) is 10.4.